The zero-order valence-electron chi connectivity index (χ0n) is 7.44. The molecule has 0 bridgehead atoms. The summed E-state index contributed by atoms with van der Waals surface area (Å²) in [5, 5.41) is 19.0. The van der Waals surface area contributed by atoms with Gasteiger partial charge in [-0.3, -0.25) is 0 Å². The lowest BCUT2D eigenvalue weighted by molar-refractivity contribution is 0.0470. The van der Waals surface area contributed by atoms with Crippen molar-refractivity contribution in [3.8, 4) is 0 Å². The molecule has 2 atom stereocenters. The summed E-state index contributed by atoms with van der Waals surface area (Å²) >= 11 is 0. The lowest BCUT2D eigenvalue weighted by atomic mass is 9.93. The van der Waals surface area contributed by atoms with Gasteiger partial charge in [0.2, 0.25) is 0 Å². The first-order chi connectivity index (χ1) is 6.12. The van der Waals surface area contributed by atoms with Crippen LogP contribution in [0, 0.1) is 0 Å². The molecule has 0 aliphatic heterocycles. The van der Waals surface area contributed by atoms with Crippen molar-refractivity contribution >= 4 is 6.08 Å². The van der Waals surface area contributed by atoms with Crippen molar-refractivity contribution in [3.05, 3.63) is 41.5 Å². The third kappa shape index (κ3) is 1.05. The molecule has 0 aromatic heterocycles. The highest BCUT2D eigenvalue weighted by atomic mass is 16.3. The van der Waals surface area contributed by atoms with Crippen LogP contribution in [-0.2, 0) is 0 Å². The molecule has 2 rings (SSSR count). The summed E-state index contributed by atoms with van der Waals surface area (Å²) in [6.45, 7) is 0. The lowest BCUT2D eigenvalue weighted by Crippen LogP contribution is -2.19. The minimum atomic E-state index is -1.91. The largest absolute Gasteiger partial charge is 0.386 e. The SMILES string of the molecule is [2H][C@]1(O)c2ccccc2C=C[C@@H]1O. The van der Waals surface area contributed by atoms with Crippen molar-refractivity contribution < 1.29 is 11.6 Å². The van der Waals surface area contributed by atoms with Gasteiger partial charge in [0.05, 0.1) is 1.37 Å². The molecule has 1 aromatic rings. The second-order valence-electron chi connectivity index (χ2n) is 2.78. The molecule has 0 saturated carbocycles. The van der Waals surface area contributed by atoms with E-state index in [0.29, 0.717) is 5.56 Å². The van der Waals surface area contributed by atoms with Gasteiger partial charge in [0.1, 0.15) is 12.2 Å². The molecule has 1 aliphatic carbocycles. The van der Waals surface area contributed by atoms with E-state index in [1.54, 1.807) is 24.3 Å². The topological polar surface area (TPSA) is 40.5 Å². The van der Waals surface area contributed by atoms with E-state index < -0.39 is 12.2 Å². The Labute approximate surface area is 72.2 Å². The van der Waals surface area contributed by atoms with Crippen LogP contribution in [0.3, 0.4) is 0 Å². The molecular weight excluding hydrogens is 152 g/mol. The Morgan fingerprint density at radius 3 is 2.83 bits per heavy atom. The number of hydrogen-bond donors (Lipinski definition) is 2. The molecule has 0 spiro atoms. The zero-order chi connectivity index (χ0) is 9.47. The van der Waals surface area contributed by atoms with Gasteiger partial charge in [-0.25, -0.2) is 0 Å². The number of benzene rings is 1. The van der Waals surface area contributed by atoms with Gasteiger partial charge < -0.3 is 10.2 Å². The van der Waals surface area contributed by atoms with E-state index >= 15 is 0 Å². The van der Waals surface area contributed by atoms with Gasteiger partial charge in [-0.05, 0) is 11.1 Å². The van der Waals surface area contributed by atoms with Gasteiger partial charge in [0.15, 0.2) is 0 Å². The van der Waals surface area contributed by atoms with E-state index in [4.69, 9.17) is 1.37 Å². The normalized spacial score (nSPS) is 34.2. The highest BCUT2D eigenvalue weighted by Gasteiger charge is 2.20. The molecule has 2 nitrogen and oxygen atoms in total. The number of fused-ring (bicyclic) bond motifs is 1. The molecule has 0 fully saturated rings. The third-order valence-electron chi connectivity index (χ3n) is 1.97. The molecule has 0 unspecified atom stereocenters. The molecule has 2 N–H and O–H groups in total. The maximum Gasteiger partial charge on any atom is 0.109 e. The van der Waals surface area contributed by atoms with Gasteiger partial charge in [-0.1, -0.05) is 36.4 Å². The molecule has 1 aromatic carbocycles. The second kappa shape index (κ2) is 2.73. The summed E-state index contributed by atoms with van der Waals surface area (Å²) in [4.78, 5) is 0. The molecular formula is C10H10O2. The molecule has 0 amide bonds. The van der Waals surface area contributed by atoms with Gasteiger partial charge in [0.25, 0.3) is 0 Å². The summed E-state index contributed by atoms with van der Waals surface area (Å²) in [5.74, 6) is 0. The van der Waals surface area contributed by atoms with Crippen LogP contribution in [0.15, 0.2) is 30.3 Å². The average Bonchev–Trinajstić information content (AvgIpc) is 2.13. The van der Waals surface area contributed by atoms with Crippen molar-refractivity contribution in [2.24, 2.45) is 0 Å². The standard InChI is InChI=1S/C10H10O2/c11-9-6-5-7-3-1-2-4-8(7)10(9)12/h1-6,9-12H/t9-,10-/m0/s1/i10D. The van der Waals surface area contributed by atoms with Gasteiger partial charge in [-0.2, -0.15) is 0 Å². The van der Waals surface area contributed by atoms with E-state index in [9.17, 15) is 10.2 Å². The minimum Gasteiger partial charge on any atom is -0.386 e. The van der Waals surface area contributed by atoms with Crippen molar-refractivity contribution in [2.45, 2.75) is 12.2 Å². The van der Waals surface area contributed by atoms with Crippen LogP contribution in [0.25, 0.3) is 6.08 Å². The fourth-order valence-electron chi connectivity index (χ4n) is 1.32. The number of aliphatic hydroxyl groups is 2. The zero-order valence-corrected chi connectivity index (χ0v) is 6.44. The molecule has 0 heterocycles. The van der Waals surface area contributed by atoms with Crippen LogP contribution in [0.5, 0.6) is 0 Å². The fraction of sp³-hybridized carbons (Fsp3) is 0.200. The molecule has 1 aliphatic rings. The summed E-state index contributed by atoms with van der Waals surface area (Å²) in [7, 11) is 0. The van der Waals surface area contributed by atoms with Crippen LogP contribution in [-0.4, -0.2) is 16.3 Å². The lowest BCUT2D eigenvalue weighted by Gasteiger charge is -2.21. The van der Waals surface area contributed by atoms with Crippen molar-refractivity contribution in [3.63, 3.8) is 0 Å². The van der Waals surface area contributed by atoms with Gasteiger partial charge in [0, 0.05) is 0 Å². The van der Waals surface area contributed by atoms with Crippen molar-refractivity contribution in [1.82, 2.24) is 0 Å². The first-order valence-corrected chi connectivity index (χ1v) is 3.80. The molecule has 62 valence electrons. The summed E-state index contributed by atoms with van der Waals surface area (Å²) < 4.78 is 7.57. The van der Waals surface area contributed by atoms with E-state index in [-0.39, 0.29) is 0 Å². The van der Waals surface area contributed by atoms with E-state index in [2.05, 4.69) is 0 Å². The summed E-state index contributed by atoms with van der Waals surface area (Å²) in [5.41, 5.74) is 1.23. The van der Waals surface area contributed by atoms with E-state index in [1.165, 1.54) is 6.08 Å². The van der Waals surface area contributed by atoms with E-state index in [0.717, 1.165) is 5.56 Å². The molecule has 0 saturated heterocycles. The number of hydrogen-bond acceptors (Lipinski definition) is 2. The minimum absolute atomic E-state index is 0.449. The molecule has 12 heavy (non-hydrogen) atoms. The van der Waals surface area contributed by atoms with Crippen LogP contribution in [0.2, 0.25) is 0 Å². The first kappa shape index (κ1) is 6.40. The Morgan fingerprint density at radius 1 is 1.25 bits per heavy atom. The Hall–Kier alpha value is -1.12. The van der Waals surface area contributed by atoms with Gasteiger partial charge in [-0.15, -0.1) is 0 Å². The van der Waals surface area contributed by atoms with Crippen LogP contribution in [0.1, 0.15) is 18.6 Å². The Morgan fingerprint density at radius 2 is 2.00 bits per heavy atom. The highest BCUT2D eigenvalue weighted by molar-refractivity contribution is 5.58. The summed E-state index contributed by atoms with van der Waals surface area (Å²) in [6.07, 6.45) is 0.0753. The maximum absolute atomic E-state index is 9.66. The van der Waals surface area contributed by atoms with Crippen LogP contribution < -0.4 is 0 Å². The summed E-state index contributed by atoms with van der Waals surface area (Å²) in [6, 6.07) is 7.02. The predicted octanol–water partition coefficient (Wildman–Crippen LogP) is 1.11. The second-order valence-corrected chi connectivity index (χ2v) is 2.78. The average molecular weight is 163 g/mol. The number of aliphatic hydroxyl groups excluding tert-OH is 1. The third-order valence-corrected chi connectivity index (χ3v) is 1.97. The quantitative estimate of drug-likeness (QED) is 0.601. The smallest absolute Gasteiger partial charge is 0.109 e. The molecule has 0 radical (unpaired) electrons. The monoisotopic (exact) mass is 163 g/mol. The van der Waals surface area contributed by atoms with Crippen molar-refractivity contribution in [1.29, 1.82) is 0 Å². The van der Waals surface area contributed by atoms with Gasteiger partial charge >= 0.3 is 0 Å². The van der Waals surface area contributed by atoms with Crippen molar-refractivity contribution in [2.75, 3.05) is 0 Å². The Balaban J connectivity index is 2.61. The molecule has 2 heteroatoms. The maximum atomic E-state index is 9.66. The van der Waals surface area contributed by atoms with E-state index in [1.807, 2.05) is 6.07 Å². The highest BCUT2D eigenvalue weighted by Crippen LogP contribution is 2.27. The number of rotatable bonds is 0. The predicted molar refractivity (Wildman–Crippen MR) is 46.4 cm³/mol. The van der Waals surface area contributed by atoms with Crippen LogP contribution in [0.4, 0.5) is 0 Å². The Bertz CT molecular complexity index is 358. The van der Waals surface area contributed by atoms with Crippen LogP contribution >= 0.6 is 0 Å². The Kier molecular flexibility index (Phi) is 1.46. The fourth-order valence-corrected chi connectivity index (χ4v) is 1.32. The first-order valence-electron chi connectivity index (χ1n) is 4.30.